The number of aryl methyl sites for hydroxylation is 1. The van der Waals surface area contributed by atoms with E-state index in [1.165, 1.54) is 17.9 Å². The zero-order chi connectivity index (χ0) is 10.4. The molecular weight excluding hydrogens is 194 g/mol. The molecule has 0 bridgehead atoms. The van der Waals surface area contributed by atoms with Crippen LogP contribution < -0.4 is 0 Å². The number of thioether (sulfide) groups is 1. The minimum atomic E-state index is -0.346. The molecule has 1 atom stereocenters. The van der Waals surface area contributed by atoms with Crippen molar-refractivity contribution in [3.05, 3.63) is 24.0 Å². The molecule has 0 spiro atoms. The van der Waals surface area contributed by atoms with Crippen molar-refractivity contribution in [2.24, 2.45) is 0 Å². The van der Waals surface area contributed by atoms with Gasteiger partial charge in [0, 0.05) is 18.9 Å². The summed E-state index contributed by atoms with van der Waals surface area (Å²) in [5.74, 6) is 2.42. The molecule has 0 radical (unpaired) electrons. The van der Waals surface area contributed by atoms with Gasteiger partial charge in [-0.3, -0.25) is 0 Å². The normalized spacial score (nSPS) is 13.1. The van der Waals surface area contributed by atoms with Crippen molar-refractivity contribution in [2.75, 3.05) is 11.5 Å². The number of hydrogen-bond acceptors (Lipinski definition) is 2. The first-order valence-corrected chi connectivity index (χ1v) is 6.31. The van der Waals surface area contributed by atoms with E-state index in [2.05, 4.69) is 11.5 Å². The summed E-state index contributed by atoms with van der Waals surface area (Å²) in [6.07, 6.45) is 4.92. The van der Waals surface area contributed by atoms with Crippen LogP contribution in [0.15, 0.2) is 18.5 Å². The van der Waals surface area contributed by atoms with Crippen molar-refractivity contribution < 1.29 is 5.11 Å². The van der Waals surface area contributed by atoms with Gasteiger partial charge in [0.2, 0.25) is 0 Å². The van der Waals surface area contributed by atoms with E-state index >= 15 is 0 Å². The lowest BCUT2D eigenvalue weighted by Gasteiger charge is -2.02. The number of nitrogens with zero attached hydrogens (tertiary/aromatic N) is 1. The zero-order valence-electron chi connectivity index (χ0n) is 8.94. The summed E-state index contributed by atoms with van der Waals surface area (Å²) >= 11 is 1.98. The fourth-order valence-electron chi connectivity index (χ4n) is 1.34. The number of aliphatic hydroxyl groups is 1. The molecule has 1 heterocycles. The van der Waals surface area contributed by atoms with E-state index in [0.29, 0.717) is 0 Å². The molecule has 3 heteroatoms. The molecule has 0 fully saturated rings. The standard InChI is InChI=1S/C11H19NOS/c1-3-14-8-4-6-12-7-5-11(9-12)10(2)13/h5,7,9-10,13H,3-4,6,8H2,1-2H3. The average Bonchev–Trinajstić information content (AvgIpc) is 2.61. The van der Waals surface area contributed by atoms with Gasteiger partial charge in [-0.1, -0.05) is 6.92 Å². The van der Waals surface area contributed by atoms with Crippen LogP contribution in [-0.2, 0) is 6.54 Å². The van der Waals surface area contributed by atoms with Crippen LogP contribution >= 0.6 is 11.8 Å². The molecular formula is C11H19NOS. The molecule has 0 amide bonds. The maximum Gasteiger partial charge on any atom is 0.0776 e. The fourth-order valence-corrected chi connectivity index (χ4v) is 1.96. The quantitative estimate of drug-likeness (QED) is 0.735. The monoisotopic (exact) mass is 213 g/mol. The molecule has 0 aliphatic heterocycles. The third-order valence-corrected chi connectivity index (χ3v) is 3.15. The Bertz CT molecular complexity index is 258. The lowest BCUT2D eigenvalue weighted by Crippen LogP contribution is -1.96. The highest BCUT2D eigenvalue weighted by atomic mass is 32.2. The third-order valence-electron chi connectivity index (χ3n) is 2.16. The Morgan fingerprint density at radius 2 is 2.36 bits per heavy atom. The molecule has 0 saturated heterocycles. The molecule has 1 rings (SSSR count). The molecule has 1 unspecified atom stereocenters. The minimum absolute atomic E-state index is 0.346. The number of rotatable bonds is 6. The first-order chi connectivity index (χ1) is 6.74. The first kappa shape index (κ1) is 11.7. The Morgan fingerprint density at radius 3 is 2.93 bits per heavy atom. The Hall–Kier alpha value is -0.410. The zero-order valence-corrected chi connectivity index (χ0v) is 9.76. The second-order valence-electron chi connectivity index (χ2n) is 3.41. The first-order valence-electron chi connectivity index (χ1n) is 5.15. The van der Waals surface area contributed by atoms with Crippen LogP contribution in [0.4, 0.5) is 0 Å². The van der Waals surface area contributed by atoms with E-state index in [-0.39, 0.29) is 6.10 Å². The van der Waals surface area contributed by atoms with Gasteiger partial charge in [0.1, 0.15) is 0 Å². The van der Waals surface area contributed by atoms with Crippen LogP contribution in [0.5, 0.6) is 0 Å². The van der Waals surface area contributed by atoms with Crippen LogP contribution in [-0.4, -0.2) is 21.2 Å². The Balaban J connectivity index is 2.29. The predicted octanol–water partition coefficient (Wildman–Crippen LogP) is 2.68. The van der Waals surface area contributed by atoms with Crippen LogP contribution in [0.25, 0.3) is 0 Å². The van der Waals surface area contributed by atoms with Crippen molar-refractivity contribution in [1.82, 2.24) is 4.57 Å². The van der Waals surface area contributed by atoms with Crippen molar-refractivity contribution in [3.8, 4) is 0 Å². The minimum Gasteiger partial charge on any atom is -0.389 e. The molecule has 1 N–H and O–H groups in total. The van der Waals surface area contributed by atoms with E-state index in [1.54, 1.807) is 6.92 Å². The lowest BCUT2D eigenvalue weighted by atomic mass is 10.2. The molecule has 14 heavy (non-hydrogen) atoms. The highest BCUT2D eigenvalue weighted by Gasteiger charge is 2.01. The average molecular weight is 213 g/mol. The van der Waals surface area contributed by atoms with Gasteiger partial charge in [-0.15, -0.1) is 0 Å². The van der Waals surface area contributed by atoms with E-state index in [0.717, 1.165) is 12.1 Å². The molecule has 1 aromatic heterocycles. The van der Waals surface area contributed by atoms with Crippen molar-refractivity contribution in [1.29, 1.82) is 0 Å². The summed E-state index contributed by atoms with van der Waals surface area (Å²) in [5.41, 5.74) is 1.01. The Labute approximate surface area is 90.3 Å². The Kier molecular flexibility index (Phi) is 5.12. The van der Waals surface area contributed by atoms with Crippen molar-refractivity contribution >= 4 is 11.8 Å². The molecule has 0 aliphatic rings. The van der Waals surface area contributed by atoms with Gasteiger partial charge in [0.05, 0.1) is 6.10 Å². The van der Waals surface area contributed by atoms with Gasteiger partial charge in [-0.2, -0.15) is 11.8 Å². The van der Waals surface area contributed by atoms with E-state index in [9.17, 15) is 5.11 Å². The maximum absolute atomic E-state index is 9.33. The smallest absolute Gasteiger partial charge is 0.0776 e. The van der Waals surface area contributed by atoms with Gasteiger partial charge < -0.3 is 9.67 Å². The van der Waals surface area contributed by atoms with Crippen LogP contribution in [0.2, 0.25) is 0 Å². The van der Waals surface area contributed by atoms with Crippen LogP contribution in [0, 0.1) is 0 Å². The van der Waals surface area contributed by atoms with Crippen molar-refractivity contribution in [2.45, 2.75) is 32.9 Å². The highest BCUT2D eigenvalue weighted by Crippen LogP contribution is 2.12. The van der Waals surface area contributed by atoms with Gasteiger partial charge in [-0.05, 0) is 36.5 Å². The second kappa shape index (κ2) is 6.14. The summed E-state index contributed by atoms with van der Waals surface area (Å²) in [7, 11) is 0. The van der Waals surface area contributed by atoms with Crippen LogP contribution in [0.3, 0.4) is 0 Å². The van der Waals surface area contributed by atoms with E-state index < -0.39 is 0 Å². The van der Waals surface area contributed by atoms with Gasteiger partial charge in [-0.25, -0.2) is 0 Å². The molecule has 0 saturated carbocycles. The summed E-state index contributed by atoms with van der Waals surface area (Å²) in [5, 5.41) is 9.33. The summed E-state index contributed by atoms with van der Waals surface area (Å²) in [6, 6.07) is 1.98. The third kappa shape index (κ3) is 3.76. The van der Waals surface area contributed by atoms with Gasteiger partial charge >= 0.3 is 0 Å². The summed E-state index contributed by atoms with van der Waals surface area (Å²) < 4.78 is 2.15. The fraction of sp³-hybridized carbons (Fsp3) is 0.636. The summed E-state index contributed by atoms with van der Waals surface area (Å²) in [4.78, 5) is 0. The lowest BCUT2D eigenvalue weighted by molar-refractivity contribution is 0.199. The molecule has 2 nitrogen and oxygen atoms in total. The number of aliphatic hydroxyl groups excluding tert-OH is 1. The van der Waals surface area contributed by atoms with E-state index in [4.69, 9.17) is 0 Å². The summed E-state index contributed by atoms with van der Waals surface area (Å²) in [6.45, 7) is 5.04. The predicted molar refractivity (Wildman–Crippen MR) is 62.7 cm³/mol. The van der Waals surface area contributed by atoms with Crippen molar-refractivity contribution in [3.63, 3.8) is 0 Å². The Morgan fingerprint density at radius 1 is 1.57 bits per heavy atom. The molecule has 0 aromatic carbocycles. The molecule has 1 aromatic rings. The highest BCUT2D eigenvalue weighted by molar-refractivity contribution is 7.99. The van der Waals surface area contributed by atoms with Crippen LogP contribution in [0.1, 0.15) is 31.9 Å². The van der Waals surface area contributed by atoms with E-state index in [1.807, 2.05) is 30.2 Å². The number of aromatic nitrogens is 1. The largest absolute Gasteiger partial charge is 0.389 e. The second-order valence-corrected chi connectivity index (χ2v) is 4.80. The van der Waals surface area contributed by atoms with Gasteiger partial charge in [0.15, 0.2) is 0 Å². The number of hydrogen-bond donors (Lipinski definition) is 1. The topological polar surface area (TPSA) is 25.2 Å². The maximum atomic E-state index is 9.33. The SMILES string of the molecule is CCSCCCn1ccc(C(C)O)c1. The van der Waals surface area contributed by atoms with Gasteiger partial charge in [0.25, 0.3) is 0 Å². The molecule has 80 valence electrons. The molecule has 0 aliphatic carbocycles.